The summed E-state index contributed by atoms with van der Waals surface area (Å²) in [6.07, 6.45) is 0.862. The fraction of sp³-hybridized carbons (Fsp3) is 0.333. The Hall–Kier alpha value is -2.08. The van der Waals surface area contributed by atoms with E-state index in [1.165, 1.54) is 0 Å². The number of benzene rings is 1. The molecule has 0 aliphatic heterocycles. The van der Waals surface area contributed by atoms with Gasteiger partial charge in [-0.3, -0.25) is 4.79 Å². The van der Waals surface area contributed by atoms with Crippen molar-refractivity contribution in [3.63, 3.8) is 0 Å². The van der Waals surface area contributed by atoms with E-state index in [-0.39, 0.29) is 5.78 Å². The van der Waals surface area contributed by atoms with E-state index in [1.807, 2.05) is 13.0 Å². The van der Waals surface area contributed by atoms with Gasteiger partial charge in [-0.2, -0.15) is 5.26 Å². The number of rotatable bonds is 3. The van der Waals surface area contributed by atoms with Gasteiger partial charge in [-0.25, -0.2) is 0 Å². The smallest absolute Gasteiger partial charge is 0.184 e. The highest BCUT2D eigenvalue weighted by Crippen LogP contribution is 2.41. The van der Waals surface area contributed by atoms with Gasteiger partial charge in [-0.1, -0.05) is 5.57 Å². The van der Waals surface area contributed by atoms with Crippen molar-refractivity contribution in [3.05, 3.63) is 41.5 Å². The lowest BCUT2D eigenvalue weighted by Gasteiger charge is -2.18. The van der Waals surface area contributed by atoms with Crippen molar-refractivity contribution < 1.29 is 9.53 Å². The van der Waals surface area contributed by atoms with Crippen LogP contribution in [0.2, 0.25) is 0 Å². The molecule has 1 aromatic carbocycles. The molecule has 3 nitrogen and oxygen atoms in total. The molecule has 1 atom stereocenters. The van der Waals surface area contributed by atoms with Crippen LogP contribution >= 0.6 is 0 Å². The molecule has 1 aromatic rings. The summed E-state index contributed by atoms with van der Waals surface area (Å²) in [6, 6.07) is 7.53. The number of Topliss-reactive ketones (excluding diaryl/α,β-unsaturated/α-hetero) is 1. The number of methoxy groups -OCH3 is 1. The highest BCUT2D eigenvalue weighted by Gasteiger charge is 2.45. The van der Waals surface area contributed by atoms with E-state index >= 15 is 0 Å². The van der Waals surface area contributed by atoms with E-state index in [1.54, 1.807) is 19.2 Å². The molecule has 0 saturated carbocycles. The predicted molar refractivity (Wildman–Crippen MR) is 68.5 cm³/mol. The van der Waals surface area contributed by atoms with Gasteiger partial charge < -0.3 is 4.74 Å². The molecule has 3 heteroatoms. The van der Waals surface area contributed by atoms with E-state index in [4.69, 9.17) is 4.74 Å². The van der Waals surface area contributed by atoms with Gasteiger partial charge in [-0.15, -0.1) is 6.58 Å². The monoisotopic (exact) mass is 241 g/mol. The molecule has 18 heavy (non-hydrogen) atoms. The number of nitrogens with zero attached hydrogens (tertiary/aromatic N) is 1. The van der Waals surface area contributed by atoms with Crippen LogP contribution in [0, 0.1) is 16.7 Å². The van der Waals surface area contributed by atoms with Crippen molar-refractivity contribution in [1.29, 1.82) is 5.26 Å². The minimum absolute atomic E-state index is 0.0920. The number of ether oxygens (including phenoxy) is 1. The number of carbonyl (C=O) groups is 1. The topological polar surface area (TPSA) is 50.1 Å². The van der Waals surface area contributed by atoms with Crippen LogP contribution in [0.25, 0.3) is 0 Å². The summed E-state index contributed by atoms with van der Waals surface area (Å²) >= 11 is 0. The molecular weight excluding hydrogens is 226 g/mol. The zero-order valence-corrected chi connectivity index (χ0v) is 10.6. The fourth-order valence-corrected chi connectivity index (χ4v) is 2.52. The minimum atomic E-state index is -0.972. The van der Waals surface area contributed by atoms with Gasteiger partial charge in [-0.05, 0) is 43.5 Å². The van der Waals surface area contributed by atoms with Crippen LogP contribution in [0.4, 0.5) is 0 Å². The van der Waals surface area contributed by atoms with Crippen LogP contribution in [0.15, 0.2) is 30.4 Å². The Morgan fingerprint density at radius 1 is 1.61 bits per heavy atom. The molecule has 0 radical (unpaired) electrons. The third kappa shape index (κ3) is 1.80. The molecule has 1 aliphatic rings. The Morgan fingerprint density at radius 3 is 2.89 bits per heavy atom. The first-order chi connectivity index (χ1) is 8.52. The van der Waals surface area contributed by atoms with E-state index < -0.39 is 5.41 Å². The van der Waals surface area contributed by atoms with Crippen molar-refractivity contribution in [2.24, 2.45) is 5.41 Å². The lowest BCUT2D eigenvalue weighted by Crippen LogP contribution is -2.26. The Kier molecular flexibility index (Phi) is 2.96. The van der Waals surface area contributed by atoms with E-state index in [9.17, 15) is 10.1 Å². The molecule has 0 unspecified atom stereocenters. The van der Waals surface area contributed by atoms with Crippen LogP contribution < -0.4 is 4.74 Å². The lowest BCUT2D eigenvalue weighted by atomic mass is 9.80. The molecule has 0 aromatic heterocycles. The Morgan fingerprint density at radius 2 is 2.33 bits per heavy atom. The molecular formula is C15H15NO2. The second kappa shape index (κ2) is 4.30. The molecule has 92 valence electrons. The maximum atomic E-state index is 12.4. The SMILES string of the molecule is C=C(C)C[C@@]1(C#N)Cc2cc(OC)ccc2C1=O. The number of nitriles is 1. The van der Waals surface area contributed by atoms with E-state index in [2.05, 4.69) is 12.6 Å². The average Bonchev–Trinajstić information content (AvgIpc) is 2.62. The van der Waals surface area contributed by atoms with Crippen molar-refractivity contribution in [2.75, 3.05) is 7.11 Å². The van der Waals surface area contributed by atoms with Gasteiger partial charge in [0.05, 0.1) is 13.2 Å². The summed E-state index contributed by atoms with van der Waals surface area (Å²) < 4.78 is 5.15. The molecule has 0 spiro atoms. The summed E-state index contributed by atoms with van der Waals surface area (Å²) in [7, 11) is 1.59. The number of fused-ring (bicyclic) bond motifs is 1. The average molecular weight is 241 g/mol. The largest absolute Gasteiger partial charge is 0.497 e. The second-order valence-corrected chi connectivity index (χ2v) is 4.86. The second-order valence-electron chi connectivity index (χ2n) is 4.86. The molecule has 0 saturated heterocycles. The number of allylic oxidation sites excluding steroid dienone is 1. The van der Waals surface area contributed by atoms with E-state index in [0.717, 1.165) is 11.1 Å². The summed E-state index contributed by atoms with van der Waals surface area (Å²) in [5, 5.41) is 9.39. The lowest BCUT2D eigenvalue weighted by molar-refractivity contribution is 0.0882. The fourth-order valence-electron chi connectivity index (χ4n) is 2.52. The van der Waals surface area contributed by atoms with Crippen molar-refractivity contribution in [1.82, 2.24) is 0 Å². The first-order valence-electron chi connectivity index (χ1n) is 5.80. The van der Waals surface area contributed by atoms with Gasteiger partial charge in [0.25, 0.3) is 0 Å². The van der Waals surface area contributed by atoms with Crippen LogP contribution in [-0.4, -0.2) is 12.9 Å². The third-order valence-corrected chi connectivity index (χ3v) is 3.30. The zero-order chi connectivity index (χ0) is 13.3. The maximum Gasteiger partial charge on any atom is 0.184 e. The Labute approximate surface area is 107 Å². The maximum absolute atomic E-state index is 12.4. The molecule has 0 heterocycles. The summed E-state index contributed by atoms with van der Waals surface area (Å²) in [5.74, 6) is 0.622. The Bertz CT molecular complexity index is 568. The van der Waals surface area contributed by atoms with Crippen LogP contribution in [-0.2, 0) is 6.42 Å². The standard InChI is InChI=1S/C15H15NO2/c1-10(2)7-15(9-16)8-11-6-12(18-3)4-5-13(11)14(15)17/h4-6H,1,7-8H2,2-3H3/t15-/m0/s1. The third-order valence-electron chi connectivity index (χ3n) is 3.30. The van der Waals surface area contributed by atoms with E-state index in [0.29, 0.717) is 24.2 Å². The van der Waals surface area contributed by atoms with Crippen LogP contribution in [0.3, 0.4) is 0 Å². The zero-order valence-electron chi connectivity index (χ0n) is 10.6. The number of hydrogen-bond acceptors (Lipinski definition) is 3. The quantitative estimate of drug-likeness (QED) is 0.764. The highest BCUT2D eigenvalue weighted by atomic mass is 16.5. The van der Waals surface area contributed by atoms with Crippen molar-refractivity contribution in [3.8, 4) is 11.8 Å². The molecule has 1 aliphatic carbocycles. The number of ketones is 1. The van der Waals surface area contributed by atoms with Gasteiger partial charge in [0.1, 0.15) is 11.2 Å². The van der Waals surface area contributed by atoms with Gasteiger partial charge in [0.15, 0.2) is 5.78 Å². The molecule has 0 N–H and O–H groups in total. The van der Waals surface area contributed by atoms with Gasteiger partial charge in [0, 0.05) is 5.56 Å². The Balaban J connectivity index is 2.45. The number of hydrogen-bond donors (Lipinski definition) is 0. The first kappa shape index (κ1) is 12.4. The predicted octanol–water partition coefficient (Wildman–Crippen LogP) is 2.91. The minimum Gasteiger partial charge on any atom is -0.497 e. The summed E-state index contributed by atoms with van der Waals surface area (Å²) in [5.41, 5.74) is 1.41. The summed E-state index contributed by atoms with van der Waals surface area (Å²) in [6.45, 7) is 5.66. The van der Waals surface area contributed by atoms with Crippen molar-refractivity contribution >= 4 is 5.78 Å². The van der Waals surface area contributed by atoms with Gasteiger partial charge in [0.2, 0.25) is 0 Å². The molecule has 0 bridgehead atoms. The normalized spacial score (nSPS) is 21.3. The van der Waals surface area contributed by atoms with Gasteiger partial charge >= 0.3 is 0 Å². The molecule has 0 fully saturated rings. The molecule has 0 amide bonds. The molecule has 2 rings (SSSR count). The van der Waals surface area contributed by atoms with Crippen LogP contribution in [0.5, 0.6) is 5.75 Å². The summed E-state index contributed by atoms with van der Waals surface area (Å²) in [4.78, 5) is 12.4. The number of carbonyl (C=O) groups excluding carboxylic acids is 1. The van der Waals surface area contributed by atoms with Crippen molar-refractivity contribution in [2.45, 2.75) is 19.8 Å². The van der Waals surface area contributed by atoms with Crippen LogP contribution in [0.1, 0.15) is 29.3 Å². The first-order valence-corrected chi connectivity index (χ1v) is 5.80. The highest BCUT2D eigenvalue weighted by molar-refractivity contribution is 6.07.